The first kappa shape index (κ1) is 25.4. The molecule has 1 N–H and O–H groups in total. The summed E-state index contributed by atoms with van der Waals surface area (Å²) in [5, 5.41) is 3.26. The average Bonchev–Trinajstić information content (AvgIpc) is 2.82. The highest BCUT2D eigenvalue weighted by molar-refractivity contribution is 7.92. The van der Waals surface area contributed by atoms with Gasteiger partial charge in [0.15, 0.2) is 0 Å². The topological polar surface area (TPSA) is 84.9 Å². The Bertz CT molecular complexity index is 1200. The van der Waals surface area contributed by atoms with Crippen LogP contribution >= 0.6 is 11.6 Å². The Kier molecular flexibility index (Phi) is 8.41. The van der Waals surface area contributed by atoms with E-state index in [1.165, 1.54) is 12.1 Å². The zero-order valence-electron chi connectivity index (χ0n) is 19.2. The summed E-state index contributed by atoms with van der Waals surface area (Å²) in [6.45, 7) is 3.47. The number of sulfonamides is 1. The number of halogens is 1. The molecule has 180 valence electrons. The number of benzene rings is 3. The Morgan fingerprint density at radius 2 is 1.56 bits per heavy atom. The second-order valence-corrected chi connectivity index (χ2v) is 10.1. The molecule has 0 aromatic heterocycles. The van der Waals surface area contributed by atoms with Crippen LogP contribution < -0.4 is 19.1 Å². The predicted molar refractivity (Wildman–Crippen MR) is 133 cm³/mol. The predicted octanol–water partition coefficient (Wildman–Crippen LogP) is 4.44. The molecule has 0 saturated carbocycles. The Hall–Kier alpha value is -3.23. The van der Waals surface area contributed by atoms with E-state index in [0.29, 0.717) is 22.2 Å². The molecule has 0 spiro atoms. The maximum Gasteiger partial charge on any atom is 0.264 e. The van der Waals surface area contributed by atoms with E-state index in [1.54, 1.807) is 74.7 Å². The van der Waals surface area contributed by atoms with Gasteiger partial charge in [0.2, 0.25) is 5.91 Å². The molecule has 7 nitrogen and oxygen atoms in total. The summed E-state index contributed by atoms with van der Waals surface area (Å²) < 4.78 is 38.7. The van der Waals surface area contributed by atoms with Crippen molar-refractivity contribution in [1.29, 1.82) is 0 Å². The van der Waals surface area contributed by atoms with E-state index in [1.807, 2.05) is 6.92 Å². The van der Waals surface area contributed by atoms with Crippen molar-refractivity contribution in [2.24, 2.45) is 0 Å². The van der Waals surface area contributed by atoms with Gasteiger partial charge in [-0.3, -0.25) is 9.10 Å². The lowest BCUT2D eigenvalue weighted by atomic mass is 10.2. The number of anilines is 1. The number of ether oxygens (including phenoxy) is 2. The van der Waals surface area contributed by atoms with Gasteiger partial charge < -0.3 is 14.8 Å². The fraction of sp³-hybridized carbons (Fsp3) is 0.240. The van der Waals surface area contributed by atoms with E-state index in [9.17, 15) is 13.2 Å². The van der Waals surface area contributed by atoms with Crippen molar-refractivity contribution in [3.63, 3.8) is 0 Å². The molecule has 0 radical (unpaired) electrons. The highest BCUT2D eigenvalue weighted by Crippen LogP contribution is 2.25. The molecule has 1 amide bonds. The van der Waals surface area contributed by atoms with Crippen molar-refractivity contribution in [2.75, 3.05) is 24.6 Å². The number of carbonyl (C=O) groups is 1. The van der Waals surface area contributed by atoms with Crippen LogP contribution in [0.1, 0.15) is 12.5 Å². The number of hydrogen-bond donors (Lipinski definition) is 1. The number of nitrogens with zero attached hydrogens (tertiary/aromatic N) is 1. The lowest BCUT2D eigenvalue weighted by molar-refractivity contribution is -0.120. The van der Waals surface area contributed by atoms with Gasteiger partial charge in [0.05, 0.1) is 23.7 Å². The standard InChI is InChI=1S/C25H27ClN2O5S/c1-18-4-14-24(15-5-18)34(30,31)28(21-8-6-20(26)7-9-21)16-25(29)27-19(2)17-33-23-12-10-22(32-3)11-13-23/h4-15,19H,16-17H2,1-3H3,(H,27,29). The van der Waals surface area contributed by atoms with Gasteiger partial charge in [-0.25, -0.2) is 8.42 Å². The second-order valence-electron chi connectivity index (χ2n) is 7.76. The zero-order valence-corrected chi connectivity index (χ0v) is 20.8. The fourth-order valence-corrected chi connectivity index (χ4v) is 4.69. The minimum absolute atomic E-state index is 0.0942. The summed E-state index contributed by atoms with van der Waals surface area (Å²) in [6.07, 6.45) is 0. The van der Waals surface area contributed by atoms with Gasteiger partial charge in [-0.1, -0.05) is 29.3 Å². The quantitative estimate of drug-likeness (QED) is 0.443. The van der Waals surface area contributed by atoms with Gasteiger partial charge in [-0.15, -0.1) is 0 Å². The molecule has 3 aromatic carbocycles. The Labute approximate surface area is 205 Å². The number of hydrogen-bond acceptors (Lipinski definition) is 5. The molecule has 9 heteroatoms. The van der Waals surface area contributed by atoms with E-state index >= 15 is 0 Å². The van der Waals surface area contributed by atoms with Gasteiger partial charge in [0, 0.05) is 5.02 Å². The van der Waals surface area contributed by atoms with Crippen LogP contribution in [-0.4, -0.2) is 40.6 Å². The van der Waals surface area contributed by atoms with Gasteiger partial charge in [0.1, 0.15) is 24.7 Å². The van der Waals surface area contributed by atoms with Crippen LogP contribution in [0.3, 0.4) is 0 Å². The van der Waals surface area contributed by atoms with Crippen molar-refractivity contribution in [3.8, 4) is 11.5 Å². The third-order valence-electron chi connectivity index (χ3n) is 4.98. The maximum atomic E-state index is 13.4. The van der Waals surface area contributed by atoms with Crippen LogP contribution in [0, 0.1) is 6.92 Å². The molecule has 0 aliphatic carbocycles. The number of rotatable bonds is 10. The smallest absolute Gasteiger partial charge is 0.264 e. The highest BCUT2D eigenvalue weighted by Gasteiger charge is 2.27. The second kappa shape index (κ2) is 11.3. The average molecular weight is 503 g/mol. The molecule has 34 heavy (non-hydrogen) atoms. The Morgan fingerprint density at radius 1 is 0.971 bits per heavy atom. The van der Waals surface area contributed by atoms with Crippen LogP contribution in [0.2, 0.25) is 5.02 Å². The van der Waals surface area contributed by atoms with Crippen LogP contribution in [0.5, 0.6) is 11.5 Å². The lowest BCUT2D eigenvalue weighted by Crippen LogP contribution is -2.45. The summed E-state index contributed by atoms with van der Waals surface area (Å²) in [7, 11) is -2.41. The molecule has 1 atom stereocenters. The van der Waals surface area contributed by atoms with E-state index < -0.39 is 22.5 Å². The zero-order chi connectivity index (χ0) is 24.7. The number of aryl methyl sites for hydroxylation is 1. The molecule has 0 bridgehead atoms. The molecular weight excluding hydrogens is 476 g/mol. The van der Waals surface area contributed by atoms with Gasteiger partial charge in [0.25, 0.3) is 10.0 Å². The van der Waals surface area contributed by atoms with Gasteiger partial charge in [-0.05, 0) is 74.5 Å². The van der Waals surface area contributed by atoms with Crippen LogP contribution in [-0.2, 0) is 14.8 Å². The summed E-state index contributed by atoms with van der Waals surface area (Å²) >= 11 is 5.97. The molecule has 0 heterocycles. The Balaban J connectivity index is 1.71. The highest BCUT2D eigenvalue weighted by atomic mass is 35.5. The normalized spacial score (nSPS) is 12.0. The number of methoxy groups -OCH3 is 1. The number of carbonyl (C=O) groups excluding carboxylic acids is 1. The van der Waals surface area contributed by atoms with Crippen LogP contribution in [0.15, 0.2) is 77.7 Å². The first-order valence-electron chi connectivity index (χ1n) is 10.6. The van der Waals surface area contributed by atoms with E-state index in [2.05, 4.69) is 5.32 Å². The van der Waals surface area contributed by atoms with E-state index in [4.69, 9.17) is 21.1 Å². The molecule has 3 aromatic rings. The fourth-order valence-electron chi connectivity index (χ4n) is 3.15. The largest absolute Gasteiger partial charge is 0.497 e. The molecule has 1 unspecified atom stereocenters. The van der Waals surface area contributed by atoms with E-state index in [-0.39, 0.29) is 17.5 Å². The number of amides is 1. The third-order valence-corrected chi connectivity index (χ3v) is 7.02. The molecule has 0 fully saturated rings. The Morgan fingerprint density at radius 3 is 2.15 bits per heavy atom. The van der Waals surface area contributed by atoms with Gasteiger partial charge in [-0.2, -0.15) is 0 Å². The molecular formula is C25H27ClN2O5S. The van der Waals surface area contributed by atoms with Crippen molar-refractivity contribution in [2.45, 2.75) is 24.8 Å². The van der Waals surface area contributed by atoms with Crippen molar-refractivity contribution in [3.05, 3.63) is 83.4 Å². The first-order chi connectivity index (χ1) is 16.2. The molecule has 3 rings (SSSR count). The first-order valence-corrected chi connectivity index (χ1v) is 12.4. The van der Waals surface area contributed by atoms with Crippen molar-refractivity contribution < 1.29 is 22.7 Å². The SMILES string of the molecule is COc1ccc(OCC(C)NC(=O)CN(c2ccc(Cl)cc2)S(=O)(=O)c2ccc(C)cc2)cc1. The maximum absolute atomic E-state index is 13.4. The van der Waals surface area contributed by atoms with Crippen molar-refractivity contribution >= 4 is 33.2 Å². The van der Waals surface area contributed by atoms with Crippen LogP contribution in [0.4, 0.5) is 5.69 Å². The summed E-state index contributed by atoms with van der Waals surface area (Å²) in [5.41, 5.74) is 1.27. The molecule has 0 aliphatic heterocycles. The van der Waals surface area contributed by atoms with Crippen LogP contribution in [0.25, 0.3) is 0 Å². The monoisotopic (exact) mass is 502 g/mol. The minimum Gasteiger partial charge on any atom is -0.497 e. The summed E-state index contributed by atoms with van der Waals surface area (Å²) in [4.78, 5) is 12.9. The summed E-state index contributed by atoms with van der Waals surface area (Å²) in [6, 6.07) is 19.5. The van der Waals surface area contributed by atoms with Gasteiger partial charge >= 0.3 is 0 Å². The number of nitrogens with one attached hydrogen (secondary N) is 1. The third kappa shape index (κ3) is 6.65. The molecule has 0 saturated heterocycles. The van der Waals surface area contributed by atoms with Crippen molar-refractivity contribution in [1.82, 2.24) is 5.32 Å². The lowest BCUT2D eigenvalue weighted by Gasteiger charge is -2.25. The summed E-state index contributed by atoms with van der Waals surface area (Å²) in [5.74, 6) is 0.883. The van der Waals surface area contributed by atoms with E-state index in [0.717, 1.165) is 9.87 Å². The minimum atomic E-state index is -3.99. The molecule has 0 aliphatic rings.